The summed E-state index contributed by atoms with van der Waals surface area (Å²) in [6.45, 7) is 24.7. The van der Waals surface area contributed by atoms with Crippen molar-refractivity contribution in [3.05, 3.63) is 57.7 Å². The zero-order chi connectivity index (χ0) is 33.5. The molecule has 0 radical (unpaired) electrons. The molecule has 246 valence electrons. The van der Waals surface area contributed by atoms with Crippen LogP contribution in [0.15, 0.2) is 41.0 Å². The van der Waals surface area contributed by atoms with E-state index in [4.69, 9.17) is 14.6 Å². The summed E-state index contributed by atoms with van der Waals surface area (Å²) in [5.74, 6) is 0.723. The molecule has 0 saturated heterocycles. The molecule has 0 amide bonds. The molecule has 43 heavy (non-hydrogen) atoms. The van der Waals surface area contributed by atoms with Gasteiger partial charge in [-0.05, 0) is 114 Å². The van der Waals surface area contributed by atoms with Gasteiger partial charge >= 0.3 is 5.97 Å². The van der Waals surface area contributed by atoms with Crippen molar-refractivity contribution in [2.45, 2.75) is 141 Å². The number of carboxylic acid groups (broad SMARTS) is 1. The van der Waals surface area contributed by atoms with E-state index in [1.54, 1.807) is 13.8 Å². The van der Waals surface area contributed by atoms with Gasteiger partial charge in [0, 0.05) is 6.10 Å². The normalized spacial score (nSPS) is 13.2. The maximum Gasteiger partial charge on any atom is 0.310 e. The van der Waals surface area contributed by atoms with Crippen LogP contribution >= 0.6 is 0 Å². The van der Waals surface area contributed by atoms with Crippen molar-refractivity contribution in [2.24, 2.45) is 11.8 Å². The smallest absolute Gasteiger partial charge is 0.310 e. The van der Waals surface area contributed by atoms with Gasteiger partial charge < -0.3 is 19.7 Å². The second kappa shape index (κ2) is 24.7. The van der Waals surface area contributed by atoms with Crippen LogP contribution in [0.5, 0.6) is 5.75 Å². The molecule has 1 aromatic rings. The molecule has 1 heterocycles. The third kappa shape index (κ3) is 16.1. The van der Waals surface area contributed by atoms with Gasteiger partial charge in [0.1, 0.15) is 12.0 Å². The number of fused-ring (bicyclic) bond motifs is 1. The maximum absolute atomic E-state index is 11.9. The number of carbonyl (C=O) groups is 2. The zero-order valence-electron chi connectivity index (χ0n) is 29.6. The highest BCUT2D eigenvalue weighted by molar-refractivity contribution is 5.90. The maximum atomic E-state index is 11.9. The Morgan fingerprint density at radius 2 is 1.53 bits per heavy atom. The Hall–Kier alpha value is -2.66. The van der Waals surface area contributed by atoms with E-state index >= 15 is 0 Å². The Bertz CT molecular complexity index is 1020. The lowest BCUT2D eigenvalue weighted by molar-refractivity contribution is -0.140. The minimum absolute atomic E-state index is 0.167. The van der Waals surface area contributed by atoms with Crippen LogP contribution in [0, 0.1) is 18.8 Å². The molecule has 1 aromatic carbocycles. The predicted octanol–water partition coefficient (Wildman–Crippen LogP) is 10.3. The number of aliphatic carboxylic acids is 1. The molecule has 2 N–H and O–H groups in total. The van der Waals surface area contributed by atoms with Gasteiger partial charge in [0.25, 0.3) is 0 Å². The van der Waals surface area contributed by atoms with Crippen LogP contribution in [0.3, 0.4) is 0 Å². The second-order valence-corrected chi connectivity index (χ2v) is 11.6. The number of benzene rings is 1. The van der Waals surface area contributed by atoms with Gasteiger partial charge in [-0.2, -0.15) is 0 Å². The lowest BCUT2D eigenvalue weighted by Gasteiger charge is -2.25. The van der Waals surface area contributed by atoms with Gasteiger partial charge in [-0.15, -0.1) is 0 Å². The van der Waals surface area contributed by atoms with Crippen molar-refractivity contribution in [1.82, 2.24) is 0 Å². The van der Waals surface area contributed by atoms with E-state index in [0.717, 1.165) is 59.7 Å². The number of ether oxygens (including phenoxy) is 1. The second-order valence-electron chi connectivity index (χ2n) is 11.6. The minimum Gasteiger partial charge on any atom is -0.493 e. The fourth-order valence-corrected chi connectivity index (χ4v) is 5.33. The highest BCUT2D eigenvalue weighted by Crippen LogP contribution is 2.39. The third-order valence-corrected chi connectivity index (χ3v) is 7.39. The SMILES string of the molecule is C/C=C\C(=C(C)C)/C(=C(\C)C(CC)C(=O)O)c1ccc2c(c1C)CCCO2.CC(C)O.CC=O.CCCC(CC)CCC. The van der Waals surface area contributed by atoms with E-state index in [0.29, 0.717) is 6.42 Å². The molecule has 1 aliphatic rings. The van der Waals surface area contributed by atoms with E-state index in [9.17, 15) is 9.90 Å². The Balaban J connectivity index is 0. The standard InChI is InChI=1S/C24H32O3.C9H20.C3H8O.C2H4O/c1-7-10-19(15(3)4)23(17(6)18(8-2)24(25)26)21-12-13-22-20(16(21)5)11-9-14-27-22;1-4-7-9(6-3)8-5-2;1-3(2)4;1-2-3/h7,10,12-13,18H,8-9,11,14H2,1-6H3,(H,25,26);9H,4-8H2,1-3H3;3-4H,1-2H3;2H,1H3/b10-7-,23-17-;;;. The number of allylic oxidation sites excluding steroid dienone is 5. The molecule has 5 nitrogen and oxygen atoms in total. The number of carboxylic acids is 1. The molecule has 0 fully saturated rings. The van der Waals surface area contributed by atoms with Crippen LogP contribution in [-0.2, 0) is 16.0 Å². The van der Waals surface area contributed by atoms with Crippen LogP contribution in [0.25, 0.3) is 5.57 Å². The van der Waals surface area contributed by atoms with E-state index < -0.39 is 11.9 Å². The van der Waals surface area contributed by atoms with Crippen molar-refractivity contribution >= 4 is 17.8 Å². The van der Waals surface area contributed by atoms with E-state index in [1.165, 1.54) is 55.7 Å². The minimum atomic E-state index is -0.764. The first-order chi connectivity index (χ1) is 20.3. The molecule has 0 saturated carbocycles. The molecule has 0 aromatic heterocycles. The lowest BCUT2D eigenvalue weighted by atomic mass is 9.81. The Kier molecular flexibility index (Phi) is 24.4. The van der Waals surface area contributed by atoms with Gasteiger partial charge in [-0.1, -0.05) is 89.2 Å². The first-order valence-electron chi connectivity index (χ1n) is 16.4. The molecule has 0 aliphatic carbocycles. The molecule has 2 rings (SSSR count). The topological polar surface area (TPSA) is 83.8 Å². The summed E-state index contributed by atoms with van der Waals surface area (Å²) in [4.78, 5) is 20.7. The first-order valence-corrected chi connectivity index (χ1v) is 16.4. The van der Waals surface area contributed by atoms with Gasteiger partial charge in [0.05, 0.1) is 12.5 Å². The quantitative estimate of drug-likeness (QED) is 0.195. The highest BCUT2D eigenvalue weighted by atomic mass is 16.5. The summed E-state index contributed by atoms with van der Waals surface area (Å²) >= 11 is 0. The van der Waals surface area contributed by atoms with Crippen molar-refractivity contribution in [2.75, 3.05) is 6.61 Å². The monoisotopic (exact) mass is 600 g/mol. The van der Waals surface area contributed by atoms with Crippen molar-refractivity contribution in [1.29, 1.82) is 0 Å². The fourth-order valence-electron chi connectivity index (χ4n) is 5.33. The van der Waals surface area contributed by atoms with Crippen molar-refractivity contribution in [3.63, 3.8) is 0 Å². The lowest BCUT2D eigenvalue weighted by Crippen LogP contribution is -2.16. The molecule has 1 aliphatic heterocycles. The van der Waals surface area contributed by atoms with E-state index in [1.807, 2.05) is 32.9 Å². The van der Waals surface area contributed by atoms with Crippen LogP contribution in [0.2, 0.25) is 0 Å². The highest BCUT2D eigenvalue weighted by Gasteiger charge is 2.25. The first kappa shape index (κ1) is 42.5. The number of aliphatic hydroxyl groups is 1. The van der Waals surface area contributed by atoms with Gasteiger partial charge in [0.15, 0.2) is 0 Å². The van der Waals surface area contributed by atoms with E-state index in [-0.39, 0.29) is 6.10 Å². The van der Waals surface area contributed by atoms with Crippen LogP contribution in [0.1, 0.15) is 138 Å². The molecular formula is C38H64O5. The number of carbonyl (C=O) groups excluding carboxylic acids is 1. The van der Waals surface area contributed by atoms with Crippen molar-refractivity contribution in [3.8, 4) is 5.75 Å². The summed E-state index contributed by atoms with van der Waals surface area (Å²) in [5.41, 5.74) is 7.81. The molecular weight excluding hydrogens is 536 g/mol. The average molecular weight is 601 g/mol. The van der Waals surface area contributed by atoms with Crippen LogP contribution in [0.4, 0.5) is 0 Å². The fraction of sp³-hybridized carbons (Fsp3) is 0.632. The van der Waals surface area contributed by atoms with E-state index in [2.05, 4.69) is 53.7 Å². The number of hydrogen-bond donors (Lipinski definition) is 2. The van der Waals surface area contributed by atoms with Gasteiger partial charge in [-0.25, -0.2) is 0 Å². The number of hydrogen-bond acceptors (Lipinski definition) is 4. The molecule has 1 unspecified atom stereocenters. The number of rotatable bonds is 11. The number of aldehydes is 1. The Morgan fingerprint density at radius 3 is 1.93 bits per heavy atom. The number of aliphatic hydroxyl groups excluding tert-OH is 1. The molecule has 5 heteroatoms. The molecule has 1 atom stereocenters. The predicted molar refractivity (Wildman–Crippen MR) is 185 cm³/mol. The summed E-state index contributed by atoms with van der Waals surface area (Å²) in [5, 5.41) is 17.8. The van der Waals surface area contributed by atoms with Gasteiger partial charge in [0.2, 0.25) is 0 Å². The van der Waals surface area contributed by atoms with Crippen LogP contribution < -0.4 is 4.74 Å². The summed E-state index contributed by atoms with van der Waals surface area (Å²) in [6.07, 6.45) is 14.3. The van der Waals surface area contributed by atoms with Crippen molar-refractivity contribution < 1.29 is 24.5 Å². The Labute approximate surface area is 264 Å². The molecule has 0 bridgehead atoms. The zero-order valence-corrected chi connectivity index (χ0v) is 29.6. The summed E-state index contributed by atoms with van der Waals surface area (Å²) < 4.78 is 5.83. The van der Waals surface area contributed by atoms with Crippen LogP contribution in [-0.4, -0.2) is 35.2 Å². The Morgan fingerprint density at radius 1 is 1.00 bits per heavy atom. The summed E-state index contributed by atoms with van der Waals surface area (Å²) in [7, 11) is 0. The average Bonchev–Trinajstić information content (AvgIpc) is 2.94. The summed E-state index contributed by atoms with van der Waals surface area (Å²) in [6, 6.07) is 4.14. The van der Waals surface area contributed by atoms with Gasteiger partial charge in [-0.3, -0.25) is 4.79 Å². The molecule has 0 spiro atoms. The third-order valence-electron chi connectivity index (χ3n) is 7.39. The largest absolute Gasteiger partial charge is 0.493 e.